The molecule has 21 heavy (non-hydrogen) atoms. The monoisotopic (exact) mass is 295 g/mol. The molecule has 0 unspecified atom stereocenters. The number of para-hydroxylation sites is 1. The lowest BCUT2D eigenvalue weighted by atomic mass is 10.2. The van der Waals surface area contributed by atoms with Gasteiger partial charge in [-0.15, -0.1) is 0 Å². The predicted molar refractivity (Wildman–Crippen MR) is 75.4 cm³/mol. The quantitative estimate of drug-likeness (QED) is 0.435. The number of urea groups is 1. The molecule has 1 aromatic rings. The van der Waals surface area contributed by atoms with Gasteiger partial charge in [-0.1, -0.05) is 6.07 Å². The lowest BCUT2D eigenvalue weighted by Crippen LogP contribution is -2.24. The topological polar surface area (TPSA) is 112 Å². The fraction of sp³-hybridized carbons (Fsp3) is 0.308. The number of nitrogens with zero attached hydrogens (tertiary/aromatic N) is 1. The molecular formula is C13H17N3O5. The molecule has 1 rings (SSSR count). The Balaban J connectivity index is 2.89. The zero-order chi connectivity index (χ0) is 15.7. The smallest absolute Gasteiger partial charge is 0.344 e. The van der Waals surface area contributed by atoms with Crippen LogP contribution in [0.4, 0.5) is 4.79 Å². The van der Waals surface area contributed by atoms with Gasteiger partial charge in [0.15, 0.2) is 18.1 Å². The van der Waals surface area contributed by atoms with Crippen molar-refractivity contribution in [2.75, 3.05) is 20.3 Å². The molecule has 0 aromatic heterocycles. The number of benzene rings is 1. The standard InChI is InChI=1S/C13H17N3O5/c1-3-20-11(17)8-21-12-9(7-15-16-13(14)18)5-4-6-10(12)19-2/h4-7H,3,8H2,1-2H3,(H3,14,16,18). The van der Waals surface area contributed by atoms with E-state index in [4.69, 9.17) is 19.9 Å². The lowest BCUT2D eigenvalue weighted by molar-refractivity contribution is -0.145. The Morgan fingerprint density at radius 1 is 1.43 bits per heavy atom. The molecule has 3 N–H and O–H groups in total. The zero-order valence-electron chi connectivity index (χ0n) is 11.8. The summed E-state index contributed by atoms with van der Waals surface area (Å²) in [6.07, 6.45) is 1.33. The summed E-state index contributed by atoms with van der Waals surface area (Å²) in [5, 5.41) is 3.64. The maximum absolute atomic E-state index is 11.3. The number of nitrogens with two attached hydrogens (primary N) is 1. The molecular weight excluding hydrogens is 278 g/mol. The molecule has 114 valence electrons. The number of carbonyl (C=O) groups excluding carboxylic acids is 2. The van der Waals surface area contributed by atoms with Crippen molar-refractivity contribution in [2.24, 2.45) is 10.8 Å². The van der Waals surface area contributed by atoms with Crippen molar-refractivity contribution in [1.82, 2.24) is 5.43 Å². The van der Waals surface area contributed by atoms with E-state index in [2.05, 4.69) is 10.5 Å². The lowest BCUT2D eigenvalue weighted by Gasteiger charge is -2.12. The van der Waals surface area contributed by atoms with Crippen molar-refractivity contribution >= 4 is 18.2 Å². The van der Waals surface area contributed by atoms with Gasteiger partial charge < -0.3 is 19.9 Å². The number of hydrazone groups is 1. The van der Waals surface area contributed by atoms with E-state index in [0.29, 0.717) is 17.1 Å². The highest BCUT2D eigenvalue weighted by Crippen LogP contribution is 2.30. The summed E-state index contributed by atoms with van der Waals surface area (Å²) in [4.78, 5) is 21.9. The molecule has 0 bridgehead atoms. The maximum Gasteiger partial charge on any atom is 0.344 e. The number of methoxy groups -OCH3 is 1. The molecule has 0 aliphatic heterocycles. The van der Waals surface area contributed by atoms with Gasteiger partial charge in [-0.3, -0.25) is 0 Å². The Hall–Kier alpha value is -2.77. The zero-order valence-corrected chi connectivity index (χ0v) is 11.8. The van der Waals surface area contributed by atoms with Gasteiger partial charge >= 0.3 is 12.0 Å². The molecule has 0 atom stereocenters. The number of nitrogens with one attached hydrogen (secondary N) is 1. The molecule has 0 saturated carbocycles. The van der Waals surface area contributed by atoms with Crippen molar-refractivity contribution in [3.8, 4) is 11.5 Å². The van der Waals surface area contributed by atoms with Crippen LogP contribution in [0.25, 0.3) is 0 Å². The third-order valence-electron chi connectivity index (χ3n) is 2.25. The molecule has 0 heterocycles. The number of rotatable bonds is 7. The van der Waals surface area contributed by atoms with Crippen molar-refractivity contribution < 1.29 is 23.8 Å². The summed E-state index contributed by atoms with van der Waals surface area (Å²) < 4.78 is 15.3. The van der Waals surface area contributed by atoms with Crippen molar-refractivity contribution in [3.05, 3.63) is 23.8 Å². The summed E-state index contributed by atoms with van der Waals surface area (Å²) in [7, 11) is 1.47. The highest BCUT2D eigenvalue weighted by molar-refractivity contribution is 5.86. The minimum atomic E-state index is -0.789. The van der Waals surface area contributed by atoms with Crippen LogP contribution in [0.15, 0.2) is 23.3 Å². The van der Waals surface area contributed by atoms with Gasteiger partial charge in [0.05, 0.1) is 19.9 Å². The molecule has 8 heteroatoms. The Morgan fingerprint density at radius 3 is 2.81 bits per heavy atom. The second-order valence-corrected chi connectivity index (χ2v) is 3.71. The fourth-order valence-corrected chi connectivity index (χ4v) is 1.45. The van der Waals surface area contributed by atoms with E-state index in [-0.39, 0.29) is 13.2 Å². The van der Waals surface area contributed by atoms with Crippen LogP contribution in [0.2, 0.25) is 0 Å². The average molecular weight is 295 g/mol. The summed E-state index contributed by atoms with van der Waals surface area (Å²) in [6, 6.07) is 4.26. The van der Waals surface area contributed by atoms with Gasteiger partial charge in [0.25, 0.3) is 0 Å². The Kier molecular flexibility index (Phi) is 6.52. The van der Waals surface area contributed by atoms with E-state index in [9.17, 15) is 9.59 Å². The summed E-state index contributed by atoms with van der Waals surface area (Å²) in [5.41, 5.74) is 7.47. The Bertz CT molecular complexity index is 531. The molecule has 8 nitrogen and oxygen atoms in total. The van der Waals surface area contributed by atoms with Gasteiger partial charge in [0.1, 0.15) is 0 Å². The van der Waals surface area contributed by atoms with Crippen LogP contribution in [0, 0.1) is 0 Å². The van der Waals surface area contributed by atoms with Crippen molar-refractivity contribution in [2.45, 2.75) is 6.92 Å². The molecule has 0 radical (unpaired) electrons. The van der Waals surface area contributed by atoms with Gasteiger partial charge in [-0.25, -0.2) is 15.0 Å². The van der Waals surface area contributed by atoms with E-state index in [0.717, 1.165) is 0 Å². The average Bonchev–Trinajstić information content (AvgIpc) is 2.45. The molecule has 0 spiro atoms. The number of amides is 2. The Labute approximate surface area is 121 Å². The second-order valence-electron chi connectivity index (χ2n) is 3.71. The first-order valence-corrected chi connectivity index (χ1v) is 6.12. The van der Waals surface area contributed by atoms with E-state index in [1.807, 2.05) is 0 Å². The van der Waals surface area contributed by atoms with Crippen LogP contribution in [-0.2, 0) is 9.53 Å². The number of esters is 1. The van der Waals surface area contributed by atoms with Gasteiger partial charge in [-0.2, -0.15) is 5.10 Å². The van der Waals surface area contributed by atoms with E-state index < -0.39 is 12.0 Å². The third kappa shape index (κ3) is 5.39. The largest absolute Gasteiger partial charge is 0.493 e. The van der Waals surface area contributed by atoms with Crippen LogP contribution in [0.5, 0.6) is 11.5 Å². The minimum absolute atomic E-state index is 0.266. The first-order chi connectivity index (χ1) is 10.1. The molecule has 0 fully saturated rings. The second kappa shape index (κ2) is 8.41. The van der Waals surface area contributed by atoms with Gasteiger partial charge in [0.2, 0.25) is 0 Å². The van der Waals surface area contributed by atoms with Crippen LogP contribution >= 0.6 is 0 Å². The normalized spacial score (nSPS) is 10.2. The molecule has 0 aliphatic carbocycles. The number of carbonyl (C=O) groups is 2. The highest BCUT2D eigenvalue weighted by Gasteiger charge is 2.12. The molecule has 1 aromatic carbocycles. The van der Waals surface area contributed by atoms with Gasteiger partial charge in [-0.05, 0) is 19.1 Å². The molecule has 2 amide bonds. The number of primary amides is 1. The van der Waals surface area contributed by atoms with Crippen LogP contribution in [0.1, 0.15) is 12.5 Å². The van der Waals surface area contributed by atoms with Crippen LogP contribution in [0.3, 0.4) is 0 Å². The summed E-state index contributed by atoms with van der Waals surface area (Å²) in [6.45, 7) is 1.71. The first-order valence-electron chi connectivity index (χ1n) is 6.12. The number of hydrogen-bond acceptors (Lipinski definition) is 6. The summed E-state index contributed by atoms with van der Waals surface area (Å²) >= 11 is 0. The minimum Gasteiger partial charge on any atom is -0.493 e. The Morgan fingerprint density at radius 2 is 2.19 bits per heavy atom. The predicted octanol–water partition coefficient (Wildman–Crippen LogP) is 0.639. The van der Waals surface area contributed by atoms with E-state index in [1.54, 1.807) is 25.1 Å². The fourth-order valence-electron chi connectivity index (χ4n) is 1.45. The first kappa shape index (κ1) is 16.3. The SMILES string of the molecule is CCOC(=O)COc1c(C=NNC(N)=O)cccc1OC. The van der Waals surface area contributed by atoms with Crippen LogP contribution < -0.4 is 20.6 Å². The van der Waals surface area contributed by atoms with Crippen molar-refractivity contribution in [3.63, 3.8) is 0 Å². The van der Waals surface area contributed by atoms with Crippen molar-refractivity contribution in [1.29, 1.82) is 0 Å². The molecule has 0 aliphatic rings. The van der Waals surface area contributed by atoms with Gasteiger partial charge in [0, 0.05) is 5.56 Å². The number of ether oxygens (including phenoxy) is 3. The highest BCUT2D eigenvalue weighted by atomic mass is 16.6. The van der Waals surface area contributed by atoms with Crippen LogP contribution in [-0.4, -0.2) is 38.5 Å². The maximum atomic E-state index is 11.3. The molecule has 0 saturated heterocycles. The van der Waals surface area contributed by atoms with E-state index >= 15 is 0 Å². The van der Waals surface area contributed by atoms with E-state index in [1.165, 1.54) is 13.3 Å². The summed E-state index contributed by atoms with van der Waals surface area (Å²) in [5.74, 6) is 0.229. The third-order valence-corrected chi connectivity index (χ3v) is 2.25. The number of hydrogen-bond donors (Lipinski definition) is 2.